The maximum Gasteiger partial charge on any atom is 0.191 e. The molecule has 142 valence electrons. The summed E-state index contributed by atoms with van der Waals surface area (Å²) in [5.41, 5.74) is 0. The summed E-state index contributed by atoms with van der Waals surface area (Å²) < 4.78 is 5.40. The Morgan fingerprint density at radius 2 is 1.75 bits per heavy atom. The molecule has 2 saturated heterocycles. The van der Waals surface area contributed by atoms with Gasteiger partial charge >= 0.3 is 0 Å². The monoisotopic (exact) mass is 453 g/mol. The van der Waals surface area contributed by atoms with Gasteiger partial charge in [-0.1, -0.05) is 13.3 Å². The molecular formula is C17H36IN5O. The van der Waals surface area contributed by atoms with Gasteiger partial charge in [0.1, 0.15) is 0 Å². The normalized spacial score (nSPS) is 21.8. The molecule has 2 aliphatic heterocycles. The zero-order valence-corrected chi connectivity index (χ0v) is 17.8. The number of halogens is 1. The first-order chi connectivity index (χ1) is 11.3. The average Bonchev–Trinajstić information content (AvgIpc) is 2.59. The van der Waals surface area contributed by atoms with E-state index in [4.69, 9.17) is 4.74 Å². The van der Waals surface area contributed by atoms with E-state index in [1.807, 2.05) is 7.05 Å². The number of nitrogens with one attached hydrogen (secondary N) is 2. The number of nitrogens with zero attached hydrogens (tertiary/aromatic N) is 3. The molecule has 0 aromatic carbocycles. The molecule has 7 heteroatoms. The van der Waals surface area contributed by atoms with Crippen LogP contribution in [0, 0.1) is 5.92 Å². The van der Waals surface area contributed by atoms with Gasteiger partial charge in [0.2, 0.25) is 0 Å². The molecule has 0 spiro atoms. The maximum absolute atomic E-state index is 5.40. The van der Waals surface area contributed by atoms with Crippen LogP contribution in [0.15, 0.2) is 4.99 Å². The van der Waals surface area contributed by atoms with Gasteiger partial charge in [0.25, 0.3) is 0 Å². The molecule has 1 unspecified atom stereocenters. The summed E-state index contributed by atoms with van der Waals surface area (Å²) in [5, 5.41) is 6.90. The van der Waals surface area contributed by atoms with Gasteiger partial charge in [-0.25, -0.2) is 0 Å². The van der Waals surface area contributed by atoms with Crippen molar-refractivity contribution in [1.29, 1.82) is 0 Å². The van der Waals surface area contributed by atoms with Crippen molar-refractivity contribution in [3.05, 3.63) is 0 Å². The Bertz CT molecular complexity index is 344. The van der Waals surface area contributed by atoms with E-state index in [1.54, 1.807) is 0 Å². The number of ether oxygens (including phenoxy) is 1. The molecule has 0 amide bonds. The van der Waals surface area contributed by atoms with Crippen molar-refractivity contribution in [2.45, 2.75) is 26.2 Å². The van der Waals surface area contributed by atoms with Crippen LogP contribution in [0.4, 0.5) is 0 Å². The molecule has 2 fully saturated rings. The second kappa shape index (κ2) is 13.1. The third kappa shape index (κ3) is 8.82. The van der Waals surface area contributed by atoms with Gasteiger partial charge in [0.05, 0.1) is 13.2 Å². The van der Waals surface area contributed by atoms with Crippen LogP contribution in [0.3, 0.4) is 0 Å². The van der Waals surface area contributed by atoms with E-state index in [0.717, 1.165) is 58.4 Å². The molecule has 6 nitrogen and oxygen atoms in total. The number of rotatable bonds is 7. The van der Waals surface area contributed by atoms with Crippen LogP contribution >= 0.6 is 24.0 Å². The minimum atomic E-state index is 0. The SMILES string of the molecule is CN=C(NCCN1CCCCC1)NCC(C)CN1CCOCC1.I. The molecule has 24 heavy (non-hydrogen) atoms. The summed E-state index contributed by atoms with van der Waals surface area (Å²) in [7, 11) is 1.85. The molecule has 0 saturated carbocycles. The highest BCUT2D eigenvalue weighted by molar-refractivity contribution is 14.0. The molecule has 0 radical (unpaired) electrons. The van der Waals surface area contributed by atoms with Gasteiger partial charge in [-0.15, -0.1) is 24.0 Å². The largest absolute Gasteiger partial charge is 0.379 e. The van der Waals surface area contributed by atoms with Crippen molar-refractivity contribution >= 4 is 29.9 Å². The van der Waals surface area contributed by atoms with Crippen molar-refractivity contribution in [2.24, 2.45) is 10.9 Å². The van der Waals surface area contributed by atoms with E-state index in [2.05, 4.69) is 32.3 Å². The second-order valence-electron chi connectivity index (χ2n) is 6.80. The summed E-state index contributed by atoms with van der Waals surface area (Å²) >= 11 is 0. The van der Waals surface area contributed by atoms with Gasteiger partial charge in [-0.2, -0.15) is 0 Å². The van der Waals surface area contributed by atoms with Gasteiger partial charge in [-0.3, -0.25) is 9.89 Å². The fourth-order valence-electron chi connectivity index (χ4n) is 3.30. The minimum absolute atomic E-state index is 0. The number of likely N-dealkylation sites (tertiary alicyclic amines) is 1. The van der Waals surface area contributed by atoms with E-state index < -0.39 is 0 Å². The first-order valence-electron chi connectivity index (χ1n) is 9.25. The molecule has 2 N–H and O–H groups in total. The van der Waals surface area contributed by atoms with Crippen LogP contribution in [-0.2, 0) is 4.74 Å². The molecule has 2 aliphatic rings. The highest BCUT2D eigenvalue weighted by Gasteiger charge is 2.14. The van der Waals surface area contributed by atoms with E-state index >= 15 is 0 Å². The van der Waals surface area contributed by atoms with E-state index in [-0.39, 0.29) is 24.0 Å². The Morgan fingerprint density at radius 1 is 1.04 bits per heavy atom. The van der Waals surface area contributed by atoms with Gasteiger partial charge < -0.3 is 20.3 Å². The van der Waals surface area contributed by atoms with Crippen LogP contribution in [0.1, 0.15) is 26.2 Å². The zero-order valence-electron chi connectivity index (χ0n) is 15.4. The number of morpholine rings is 1. The number of hydrogen-bond donors (Lipinski definition) is 2. The van der Waals surface area contributed by atoms with Crippen LogP contribution < -0.4 is 10.6 Å². The Hall–Kier alpha value is -0.120. The molecule has 2 rings (SSSR count). The highest BCUT2D eigenvalue weighted by Crippen LogP contribution is 2.07. The third-order valence-electron chi connectivity index (χ3n) is 4.68. The van der Waals surface area contributed by atoms with Gasteiger partial charge in [-0.05, 0) is 31.8 Å². The smallest absolute Gasteiger partial charge is 0.191 e. The Kier molecular flexibility index (Phi) is 12.0. The number of piperidine rings is 1. The fraction of sp³-hybridized carbons (Fsp3) is 0.941. The second-order valence-corrected chi connectivity index (χ2v) is 6.80. The van der Waals surface area contributed by atoms with Crippen LogP contribution in [0.2, 0.25) is 0 Å². The Morgan fingerprint density at radius 3 is 2.42 bits per heavy atom. The molecule has 2 heterocycles. The number of hydrogen-bond acceptors (Lipinski definition) is 4. The zero-order chi connectivity index (χ0) is 16.3. The summed E-state index contributed by atoms with van der Waals surface area (Å²) in [5.74, 6) is 1.53. The minimum Gasteiger partial charge on any atom is -0.379 e. The summed E-state index contributed by atoms with van der Waals surface area (Å²) in [6, 6.07) is 0. The van der Waals surface area contributed by atoms with Crippen molar-refractivity contribution in [3.8, 4) is 0 Å². The van der Waals surface area contributed by atoms with E-state index in [9.17, 15) is 0 Å². The summed E-state index contributed by atoms with van der Waals surface area (Å²) in [6.45, 7) is 12.8. The average molecular weight is 453 g/mol. The van der Waals surface area contributed by atoms with Crippen molar-refractivity contribution in [1.82, 2.24) is 20.4 Å². The van der Waals surface area contributed by atoms with Crippen molar-refractivity contribution in [3.63, 3.8) is 0 Å². The van der Waals surface area contributed by atoms with Crippen molar-refractivity contribution < 1.29 is 4.74 Å². The maximum atomic E-state index is 5.40. The van der Waals surface area contributed by atoms with E-state index in [0.29, 0.717) is 5.92 Å². The topological polar surface area (TPSA) is 52.1 Å². The lowest BCUT2D eigenvalue weighted by Crippen LogP contribution is -2.45. The Balaban J connectivity index is 0.00000288. The molecule has 0 aromatic heterocycles. The number of aliphatic imine (C=N–C) groups is 1. The lowest BCUT2D eigenvalue weighted by molar-refractivity contribution is 0.0320. The lowest BCUT2D eigenvalue weighted by atomic mass is 10.1. The summed E-state index contributed by atoms with van der Waals surface area (Å²) in [4.78, 5) is 9.37. The fourth-order valence-corrected chi connectivity index (χ4v) is 3.30. The third-order valence-corrected chi connectivity index (χ3v) is 4.68. The van der Waals surface area contributed by atoms with Gasteiger partial charge in [0, 0.05) is 46.3 Å². The quantitative estimate of drug-likeness (QED) is 0.345. The first kappa shape index (κ1) is 21.9. The predicted octanol–water partition coefficient (Wildman–Crippen LogP) is 1.22. The van der Waals surface area contributed by atoms with Crippen molar-refractivity contribution in [2.75, 3.05) is 72.6 Å². The predicted molar refractivity (Wildman–Crippen MR) is 111 cm³/mol. The van der Waals surface area contributed by atoms with Gasteiger partial charge in [0.15, 0.2) is 5.96 Å². The first-order valence-corrected chi connectivity index (χ1v) is 9.25. The number of guanidine groups is 1. The summed E-state index contributed by atoms with van der Waals surface area (Å²) in [6.07, 6.45) is 4.10. The van der Waals surface area contributed by atoms with E-state index in [1.165, 1.54) is 32.4 Å². The Labute approximate surface area is 164 Å². The highest BCUT2D eigenvalue weighted by atomic mass is 127. The standard InChI is InChI=1S/C17H35N5O.HI/c1-16(15-22-10-12-23-13-11-22)14-20-17(18-2)19-6-9-21-7-4-3-5-8-21;/h16H,3-15H2,1-2H3,(H2,18,19,20);1H. The van der Waals surface area contributed by atoms with Crippen LogP contribution in [0.25, 0.3) is 0 Å². The lowest BCUT2D eigenvalue weighted by Gasteiger charge is -2.29. The van der Waals surface area contributed by atoms with Crippen LogP contribution in [0.5, 0.6) is 0 Å². The molecule has 0 aliphatic carbocycles. The molecule has 0 aromatic rings. The van der Waals surface area contributed by atoms with Crippen LogP contribution in [-0.4, -0.2) is 88.4 Å². The molecular weight excluding hydrogens is 417 g/mol. The molecule has 1 atom stereocenters. The molecule has 0 bridgehead atoms.